The third-order valence-electron chi connectivity index (χ3n) is 1.98. The van der Waals surface area contributed by atoms with Crippen LogP contribution in [0.2, 0.25) is 0 Å². The molecule has 62 valence electrons. The van der Waals surface area contributed by atoms with Gasteiger partial charge < -0.3 is 5.11 Å². The van der Waals surface area contributed by atoms with Gasteiger partial charge in [0.15, 0.2) is 0 Å². The Bertz CT molecular complexity index is 389. The third kappa shape index (κ3) is 1.13. The largest absolute Gasteiger partial charge is 0.389 e. The fourth-order valence-corrected chi connectivity index (χ4v) is 2.20. The Balaban J connectivity index is 2.73. The van der Waals surface area contributed by atoms with E-state index in [9.17, 15) is 5.11 Å². The van der Waals surface area contributed by atoms with Crippen LogP contribution in [0.5, 0.6) is 0 Å². The van der Waals surface area contributed by atoms with Crippen LogP contribution < -0.4 is 0 Å². The fourth-order valence-electron chi connectivity index (χ4n) is 1.38. The summed E-state index contributed by atoms with van der Waals surface area (Å²) >= 11 is 1.71. The maximum absolute atomic E-state index is 9.44. The van der Waals surface area contributed by atoms with Crippen LogP contribution in [-0.4, -0.2) is 5.11 Å². The number of rotatable bonds is 1. The molecule has 2 aromatic rings. The van der Waals surface area contributed by atoms with Gasteiger partial charge >= 0.3 is 0 Å². The summed E-state index contributed by atoms with van der Waals surface area (Å²) in [5.41, 5.74) is 1.02. The van der Waals surface area contributed by atoms with Gasteiger partial charge in [-0.2, -0.15) is 0 Å². The van der Waals surface area contributed by atoms with E-state index in [2.05, 4.69) is 17.5 Å². The van der Waals surface area contributed by atoms with Gasteiger partial charge in [0.05, 0.1) is 6.10 Å². The predicted octanol–water partition coefficient (Wildman–Crippen LogP) is 2.95. The van der Waals surface area contributed by atoms with Gasteiger partial charge in [-0.1, -0.05) is 12.1 Å². The van der Waals surface area contributed by atoms with E-state index < -0.39 is 0 Å². The van der Waals surface area contributed by atoms with E-state index in [1.54, 1.807) is 18.3 Å². The molecule has 0 saturated heterocycles. The average molecular weight is 178 g/mol. The van der Waals surface area contributed by atoms with Gasteiger partial charge in [-0.15, -0.1) is 11.3 Å². The smallest absolute Gasteiger partial charge is 0.0768 e. The van der Waals surface area contributed by atoms with Crippen molar-refractivity contribution in [3.63, 3.8) is 0 Å². The molecule has 0 aliphatic rings. The van der Waals surface area contributed by atoms with Crippen LogP contribution in [0.3, 0.4) is 0 Å². The van der Waals surface area contributed by atoms with Crippen molar-refractivity contribution in [3.05, 3.63) is 35.2 Å². The molecule has 2 rings (SSSR count). The van der Waals surface area contributed by atoms with E-state index in [-0.39, 0.29) is 6.10 Å². The summed E-state index contributed by atoms with van der Waals surface area (Å²) in [6.45, 7) is 1.80. The van der Waals surface area contributed by atoms with Gasteiger partial charge in [0.25, 0.3) is 0 Å². The quantitative estimate of drug-likeness (QED) is 0.711. The molecule has 0 spiro atoms. The first kappa shape index (κ1) is 7.77. The zero-order chi connectivity index (χ0) is 8.55. The lowest BCUT2D eigenvalue weighted by atomic mass is 10.1. The summed E-state index contributed by atoms with van der Waals surface area (Å²) in [6, 6.07) is 8.09. The second-order valence-corrected chi connectivity index (χ2v) is 3.80. The molecule has 1 nitrogen and oxygen atoms in total. The minimum atomic E-state index is -0.372. The van der Waals surface area contributed by atoms with Gasteiger partial charge in [0.2, 0.25) is 0 Å². The molecule has 0 aliphatic carbocycles. The number of benzene rings is 1. The van der Waals surface area contributed by atoms with Crippen molar-refractivity contribution in [1.82, 2.24) is 0 Å². The van der Waals surface area contributed by atoms with E-state index in [0.717, 1.165) is 5.56 Å². The highest BCUT2D eigenvalue weighted by atomic mass is 32.1. The van der Waals surface area contributed by atoms with Crippen LogP contribution in [0.1, 0.15) is 18.6 Å². The minimum Gasteiger partial charge on any atom is -0.389 e. The Kier molecular flexibility index (Phi) is 1.87. The van der Waals surface area contributed by atoms with Crippen molar-refractivity contribution in [2.75, 3.05) is 0 Å². The van der Waals surface area contributed by atoms with E-state index in [1.807, 2.05) is 12.1 Å². The van der Waals surface area contributed by atoms with E-state index >= 15 is 0 Å². The minimum absolute atomic E-state index is 0.372. The van der Waals surface area contributed by atoms with Gasteiger partial charge in [0.1, 0.15) is 0 Å². The van der Waals surface area contributed by atoms with Crippen molar-refractivity contribution in [2.45, 2.75) is 13.0 Å². The highest BCUT2D eigenvalue weighted by Crippen LogP contribution is 2.27. The number of aliphatic hydroxyl groups excluding tert-OH is 1. The Morgan fingerprint density at radius 3 is 2.92 bits per heavy atom. The molecule has 1 aromatic carbocycles. The molecular formula is C10H10OS. The van der Waals surface area contributed by atoms with Gasteiger partial charge in [0, 0.05) is 4.70 Å². The monoisotopic (exact) mass is 178 g/mol. The normalized spacial score (nSPS) is 13.5. The van der Waals surface area contributed by atoms with Crippen molar-refractivity contribution in [3.8, 4) is 0 Å². The highest BCUT2D eigenvalue weighted by molar-refractivity contribution is 7.17. The molecule has 0 fully saturated rings. The molecule has 1 heterocycles. The maximum Gasteiger partial charge on any atom is 0.0768 e. The molecule has 0 unspecified atom stereocenters. The molecule has 0 bridgehead atoms. The summed E-state index contributed by atoms with van der Waals surface area (Å²) in [7, 11) is 0. The zero-order valence-corrected chi connectivity index (χ0v) is 7.64. The topological polar surface area (TPSA) is 20.2 Å². The van der Waals surface area contributed by atoms with Crippen LogP contribution in [0.15, 0.2) is 29.6 Å². The standard InChI is InChI=1S/C10H10OS/c1-7(11)8-3-2-4-10-9(8)5-6-12-10/h2-7,11H,1H3/t7-/m0/s1. The van der Waals surface area contributed by atoms with Crippen molar-refractivity contribution in [2.24, 2.45) is 0 Å². The zero-order valence-electron chi connectivity index (χ0n) is 6.82. The molecule has 0 amide bonds. The van der Waals surface area contributed by atoms with Gasteiger partial charge in [-0.05, 0) is 35.4 Å². The molecule has 12 heavy (non-hydrogen) atoms. The molecule has 0 radical (unpaired) electrons. The number of hydrogen-bond acceptors (Lipinski definition) is 2. The van der Waals surface area contributed by atoms with Crippen LogP contribution in [-0.2, 0) is 0 Å². The van der Waals surface area contributed by atoms with Gasteiger partial charge in [-0.3, -0.25) is 0 Å². The predicted molar refractivity (Wildman–Crippen MR) is 52.5 cm³/mol. The third-order valence-corrected chi connectivity index (χ3v) is 2.86. The Morgan fingerprint density at radius 1 is 1.33 bits per heavy atom. The van der Waals surface area contributed by atoms with E-state index in [0.29, 0.717) is 0 Å². The summed E-state index contributed by atoms with van der Waals surface area (Å²) in [5.74, 6) is 0. The van der Waals surface area contributed by atoms with Crippen LogP contribution in [0.25, 0.3) is 10.1 Å². The molecule has 1 atom stereocenters. The first-order valence-electron chi connectivity index (χ1n) is 3.93. The Morgan fingerprint density at radius 2 is 2.17 bits per heavy atom. The van der Waals surface area contributed by atoms with Crippen LogP contribution in [0, 0.1) is 0 Å². The van der Waals surface area contributed by atoms with Crippen LogP contribution in [0.4, 0.5) is 0 Å². The lowest BCUT2D eigenvalue weighted by molar-refractivity contribution is 0.201. The molecule has 1 N–H and O–H groups in total. The SMILES string of the molecule is C[C@H](O)c1cccc2sccc12. The molecule has 0 saturated carbocycles. The number of hydrogen-bond donors (Lipinski definition) is 1. The molecule has 2 heteroatoms. The lowest BCUT2D eigenvalue weighted by Crippen LogP contribution is -1.89. The van der Waals surface area contributed by atoms with E-state index in [4.69, 9.17) is 0 Å². The molecule has 0 aliphatic heterocycles. The first-order chi connectivity index (χ1) is 5.79. The number of fused-ring (bicyclic) bond motifs is 1. The van der Waals surface area contributed by atoms with Crippen molar-refractivity contribution >= 4 is 21.4 Å². The number of thiophene rings is 1. The summed E-state index contributed by atoms with van der Waals surface area (Å²) < 4.78 is 1.24. The summed E-state index contributed by atoms with van der Waals surface area (Å²) in [5, 5.41) is 12.7. The van der Waals surface area contributed by atoms with Crippen molar-refractivity contribution < 1.29 is 5.11 Å². The average Bonchev–Trinajstić information content (AvgIpc) is 2.49. The summed E-state index contributed by atoms with van der Waals surface area (Å²) in [4.78, 5) is 0. The van der Waals surface area contributed by atoms with Crippen LogP contribution >= 0.6 is 11.3 Å². The fraction of sp³-hybridized carbons (Fsp3) is 0.200. The molecular weight excluding hydrogens is 168 g/mol. The second-order valence-electron chi connectivity index (χ2n) is 2.86. The van der Waals surface area contributed by atoms with E-state index in [1.165, 1.54) is 10.1 Å². The lowest BCUT2D eigenvalue weighted by Gasteiger charge is -2.04. The van der Waals surface area contributed by atoms with Gasteiger partial charge in [-0.25, -0.2) is 0 Å². The Hall–Kier alpha value is -0.860. The second kappa shape index (κ2) is 2.88. The van der Waals surface area contributed by atoms with Crippen molar-refractivity contribution in [1.29, 1.82) is 0 Å². The maximum atomic E-state index is 9.44. The number of aliphatic hydroxyl groups is 1. The summed E-state index contributed by atoms with van der Waals surface area (Å²) in [6.07, 6.45) is -0.372. The Labute approximate surface area is 75.3 Å². The molecule has 1 aromatic heterocycles. The highest BCUT2D eigenvalue weighted by Gasteiger charge is 2.05. The first-order valence-corrected chi connectivity index (χ1v) is 4.81.